The van der Waals surface area contributed by atoms with Gasteiger partial charge in [-0.2, -0.15) is 4.98 Å². The summed E-state index contributed by atoms with van der Waals surface area (Å²) in [6.45, 7) is 0.432. The van der Waals surface area contributed by atoms with Crippen LogP contribution < -0.4 is 11.1 Å². The Morgan fingerprint density at radius 3 is 2.89 bits per heavy atom. The van der Waals surface area contributed by atoms with Crippen molar-refractivity contribution in [3.05, 3.63) is 21.6 Å². The lowest BCUT2D eigenvalue weighted by Crippen LogP contribution is -2.11. The van der Waals surface area contributed by atoms with Crippen LogP contribution in [0.3, 0.4) is 0 Å². The van der Waals surface area contributed by atoms with Crippen molar-refractivity contribution < 1.29 is 9.72 Å². The maximum absolute atomic E-state index is 10.7. The Morgan fingerprint density at radius 2 is 2.28 bits per heavy atom. The van der Waals surface area contributed by atoms with E-state index in [-0.39, 0.29) is 29.1 Å². The number of hydrogen-bond acceptors (Lipinski definition) is 6. The number of carbonyl (C=O) groups is 1. The van der Waals surface area contributed by atoms with Crippen molar-refractivity contribution in [1.82, 2.24) is 9.97 Å². The highest BCUT2D eigenvalue weighted by molar-refractivity contribution is 6.28. The van der Waals surface area contributed by atoms with Gasteiger partial charge in [-0.3, -0.25) is 14.9 Å². The van der Waals surface area contributed by atoms with Gasteiger partial charge in [0.1, 0.15) is 6.20 Å². The lowest BCUT2D eigenvalue weighted by molar-refractivity contribution is -0.384. The number of carbonyl (C=O) groups excluding carboxylic acids is 1. The lowest BCUT2D eigenvalue weighted by atomic mass is 10.2. The monoisotopic (exact) mass is 273 g/mol. The molecule has 0 fully saturated rings. The van der Waals surface area contributed by atoms with Gasteiger partial charge in [0.15, 0.2) is 0 Å². The Hall–Kier alpha value is -1.96. The molecule has 1 heterocycles. The second kappa shape index (κ2) is 6.70. The van der Waals surface area contributed by atoms with E-state index in [1.54, 1.807) is 0 Å². The lowest BCUT2D eigenvalue weighted by Gasteiger charge is -2.05. The van der Waals surface area contributed by atoms with Crippen LogP contribution in [0, 0.1) is 10.1 Å². The van der Waals surface area contributed by atoms with Crippen molar-refractivity contribution in [2.24, 2.45) is 5.73 Å². The molecular formula is C9H12ClN5O3. The molecule has 0 saturated heterocycles. The number of nitrogens with zero attached hydrogens (tertiary/aromatic N) is 3. The van der Waals surface area contributed by atoms with Crippen LogP contribution in [0.25, 0.3) is 0 Å². The summed E-state index contributed by atoms with van der Waals surface area (Å²) in [5, 5.41) is 13.4. The van der Waals surface area contributed by atoms with Gasteiger partial charge >= 0.3 is 5.69 Å². The number of anilines is 1. The predicted octanol–water partition coefficient (Wildman–Crippen LogP) is 1.11. The van der Waals surface area contributed by atoms with E-state index in [1.165, 1.54) is 0 Å². The van der Waals surface area contributed by atoms with Gasteiger partial charge in [-0.1, -0.05) is 0 Å². The van der Waals surface area contributed by atoms with Crippen molar-refractivity contribution in [2.45, 2.75) is 19.3 Å². The molecule has 0 radical (unpaired) electrons. The first-order chi connectivity index (χ1) is 8.50. The van der Waals surface area contributed by atoms with Gasteiger partial charge in [0.25, 0.3) is 0 Å². The third-order valence-corrected chi connectivity index (χ3v) is 2.26. The quantitative estimate of drug-likeness (QED) is 0.332. The van der Waals surface area contributed by atoms with Crippen LogP contribution in [-0.4, -0.2) is 27.3 Å². The zero-order valence-electron chi connectivity index (χ0n) is 9.43. The van der Waals surface area contributed by atoms with Crippen molar-refractivity contribution in [3.8, 4) is 0 Å². The molecule has 0 atom stereocenters. The largest absolute Gasteiger partial charge is 0.370 e. The van der Waals surface area contributed by atoms with Crippen LogP contribution >= 0.6 is 11.6 Å². The predicted molar refractivity (Wildman–Crippen MR) is 65.2 cm³/mol. The van der Waals surface area contributed by atoms with E-state index >= 15 is 0 Å². The van der Waals surface area contributed by atoms with Crippen LogP contribution in [0.15, 0.2) is 6.20 Å². The van der Waals surface area contributed by atoms with E-state index in [1.807, 2.05) is 0 Å². The molecule has 1 aromatic heterocycles. The minimum Gasteiger partial charge on any atom is -0.370 e. The van der Waals surface area contributed by atoms with Crippen LogP contribution in [0.4, 0.5) is 11.5 Å². The minimum absolute atomic E-state index is 0.0686. The fourth-order valence-electron chi connectivity index (χ4n) is 1.25. The summed E-state index contributed by atoms with van der Waals surface area (Å²) >= 11 is 5.56. The van der Waals surface area contributed by atoms with Crippen LogP contribution in [0.1, 0.15) is 19.3 Å². The molecule has 8 nitrogen and oxygen atoms in total. The van der Waals surface area contributed by atoms with E-state index in [2.05, 4.69) is 15.3 Å². The number of nitrogens with one attached hydrogen (secondary N) is 1. The molecule has 0 aromatic carbocycles. The molecule has 0 saturated carbocycles. The Morgan fingerprint density at radius 1 is 1.56 bits per heavy atom. The highest BCUT2D eigenvalue weighted by Gasteiger charge is 2.16. The summed E-state index contributed by atoms with van der Waals surface area (Å²) in [7, 11) is 0. The molecule has 0 aliphatic rings. The molecule has 18 heavy (non-hydrogen) atoms. The number of primary amides is 1. The highest BCUT2D eigenvalue weighted by Crippen LogP contribution is 2.21. The number of amides is 1. The minimum atomic E-state index is -0.595. The molecule has 0 aliphatic heterocycles. The van der Waals surface area contributed by atoms with Crippen molar-refractivity contribution in [2.75, 3.05) is 11.9 Å². The smallest absolute Gasteiger partial charge is 0.329 e. The van der Waals surface area contributed by atoms with E-state index in [4.69, 9.17) is 17.3 Å². The summed E-state index contributed by atoms with van der Waals surface area (Å²) in [5.74, 6) is -0.301. The molecule has 1 amide bonds. The number of nitrogens with two attached hydrogens (primary N) is 1. The van der Waals surface area contributed by atoms with Gasteiger partial charge in [-0.25, -0.2) is 4.98 Å². The molecular weight excluding hydrogens is 262 g/mol. The second-order valence-electron chi connectivity index (χ2n) is 3.48. The summed E-state index contributed by atoms with van der Waals surface area (Å²) in [4.78, 5) is 27.9. The van der Waals surface area contributed by atoms with E-state index in [9.17, 15) is 14.9 Å². The summed E-state index contributed by atoms with van der Waals surface area (Å²) in [6.07, 6.45) is 2.58. The van der Waals surface area contributed by atoms with Gasteiger partial charge in [-0.15, -0.1) is 0 Å². The number of unbranched alkanes of at least 4 members (excludes halogenated alkanes) is 1. The summed E-state index contributed by atoms with van der Waals surface area (Å²) < 4.78 is 0. The number of hydrogen-bond donors (Lipinski definition) is 2. The maximum atomic E-state index is 10.7. The standard InChI is InChI=1S/C9H12ClN5O3/c10-9-13-5-6(15(17)18)8(14-9)12-4-2-1-3-7(11)16/h5H,1-4H2,(H2,11,16)(H,12,13,14). The molecule has 1 aromatic rings. The first kappa shape index (κ1) is 14.1. The van der Waals surface area contributed by atoms with Crippen LogP contribution in [-0.2, 0) is 4.79 Å². The van der Waals surface area contributed by atoms with Crippen LogP contribution in [0.2, 0.25) is 5.28 Å². The molecule has 0 aliphatic carbocycles. The summed E-state index contributed by atoms with van der Waals surface area (Å²) in [5.41, 5.74) is 4.74. The Kier molecular flexibility index (Phi) is 5.25. The molecule has 3 N–H and O–H groups in total. The zero-order valence-corrected chi connectivity index (χ0v) is 10.2. The van der Waals surface area contributed by atoms with Gasteiger partial charge in [0.2, 0.25) is 17.0 Å². The Labute approximate surface area is 108 Å². The van der Waals surface area contributed by atoms with E-state index in [0.29, 0.717) is 19.4 Å². The van der Waals surface area contributed by atoms with Crippen molar-refractivity contribution in [3.63, 3.8) is 0 Å². The van der Waals surface area contributed by atoms with Gasteiger partial charge in [0.05, 0.1) is 4.92 Å². The second-order valence-corrected chi connectivity index (χ2v) is 3.82. The number of rotatable bonds is 7. The fraction of sp³-hybridized carbons (Fsp3) is 0.444. The molecule has 0 spiro atoms. The zero-order chi connectivity index (χ0) is 13.5. The van der Waals surface area contributed by atoms with Gasteiger partial charge in [0, 0.05) is 13.0 Å². The van der Waals surface area contributed by atoms with Crippen molar-refractivity contribution in [1.29, 1.82) is 0 Å². The average Bonchev–Trinajstić information content (AvgIpc) is 2.27. The third-order valence-electron chi connectivity index (χ3n) is 2.08. The van der Waals surface area contributed by atoms with E-state index in [0.717, 1.165) is 6.20 Å². The fourth-order valence-corrected chi connectivity index (χ4v) is 1.38. The molecule has 98 valence electrons. The molecule has 1 rings (SSSR count). The Bertz CT molecular complexity index is 454. The van der Waals surface area contributed by atoms with Gasteiger partial charge < -0.3 is 11.1 Å². The number of aromatic nitrogens is 2. The first-order valence-corrected chi connectivity index (χ1v) is 5.57. The topological polar surface area (TPSA) is 124 Å². The van der Waals surface area contributed by atoms with Gasteiger partial charge in [-0.05, 0) is 24.4 Å². The number of nitro groups is 1. The third kappa shape index (κ3) is 4.50. The van der Waals surface area contributed by atoms with E-state index < -0.39 is 4.92 Å². The molecule has 0 bridgehead atoms. The SMILES string of the molecule is NC(=O)CCCCNc1nc(Cl)ncc1[N+](=O)[O-]. The van der Waals surface area contributed by atoms with Crippen molar-refractivity contribution >= 4 is 29.0 Å². The molecule has 0 unspecified atom stereocenters. The Balaban J connectivity index is 2.53. The maximum Gasteiger partial charge on any atom is 0.329 e. The molecule has 9 heteroatoms. The number of halogens is 1. The normalized spacial score (nSPS) is 10.1. The van der Waals surface area contributed by atoms with Crippen LogP contribution in [0.5, 0.6) is 0 Å². The summed E-state index contributed by atoms with van der Waals surface area (Å²) in [6, 6.07) is 0. The first-order valence-electron chi connectivity index (χ1n) is 5.20. The average molecular weight is 274 g/mol. The highest BCUT2D eigenvalue weighted by atomic mass is 35.5.